The number of carbonyl (C=O) groups is 2. The monoisotopic (exact) mass is 287 g/mol. The summed E-state index contributed by atoms with van der Waals surface area (Å²) in [4.78, 5) is 24.2. The maximum Gasteiger partial charge on any atom is 0.306 e. The summed E-state index contributed by atoms with van der Waals surface area (Å²) in [5.74, 6) is -1.04. The van der Waals surface area contributed by atoms with Gasteiger partial charge in [-0.1, -0.05) is 0 Å². The summed E-state index contributed by atoms with van der Waals surface area (Å²) in [5, 5.41) is 8.73. The number of ether oxygens (including phenoxy) is 3. The van der Waals surface area contributed by atoms with Crippen molar-refractivity contribution in [2.24, 2.45) is 0 Å². The molecule has 2 heterocycles. The van der Waals surface area contributed by atoms with E-state index in [0.717, 1.165) is 19.4 Å². The average Bonchev–Trinajstić information content (AvgIpc) is 2.91. The largest absolute Gasteiger partial charge is 0.481 e. The summed E-state index contributed by atoms with van der Waals surface area (Å²) in [5.41, 5.74) is 0. The molecular weight excluding hydrogens is 266 g/mol. The van der Waals surface area contributed by atoms with E-state index >= 15 is 0 Å². The van der Waals surface area contributed by atoms with Crippen molar-refractivity contribution in [2.45, 2.75) is 31.5 Å². The molecule has 0 aliphatic carbocycles. The molecule has 2 saturated heterocycles. The summed E-state index contributed by atoms with van der Waals surface area (Å²) >= 11 is 0. The number of amides is 1. The van der Waals surface area contributed by atoms with E-state index in [1.165, 1.54) is 0 Å². The number of carbonyl (C=O) groups excluding carboxylic acids is 1. The molecular formula is C13H21NO6. The normalized spacial score (nSPS) is 26.7. The minimum Gasteiger partial charge on any atom is -0.481 e. The van der Waals surface area contributed by atoms with Crippen LogP contribution in [0.25, 0.3) is 0 Å². The molecule has 0 bridgehead atoms. The Balaban J connectivity index is 1.67. The maximum atomic E-state index is 12.0. The number of nitrogens with zero attached hydrogens (tertiary/aromatic N) is 1. The van der Waals surface area contributed by atoms with Crippen LogP contribution in [0, 0.1) is 0 Å². The zero-order valence-corrected chi connectivity index (χ0v) is 11.5. The maximum absolute atomic E-state index is 12.0. The third kappa shape index (κ3) is 4.73. The van der Waals surface area contributed by atoms with Gasteiger partial charge in [0.15, 0.2) is 0 Å². The van der Waals surface area contributed by atoms with E-state index in [-0.39, 0.29) is 25.0 Å². The minimum atomic E-state index is -0.918. The molecule has 2 rings (SSSR count). The number of aliphatic carboxylic acids is 1. The van der Waals surface area contributed by atoms with E-state index in [1.54, 1.807) is 4.90 Å². The Morgan fingerprint density at radius 3 is 2.75 bits per heavy atom. The molecule has 0 radical (unpaired) electrons. The Morgan fingerprint density at radius 2 is 2.05 bits per heavy atom. The molecule has 0 aromatic heterocycles. The van der Waals surface area contributed by atoms with Gasteiger partial charge in [0.05, 0.1) is 31.8 Å². The van der Waals surface area contributed by atoms with Crippen LogP contribution in [0.1, 0.15) is 19.3 Å². The molecule has 0 unspecified atom stereocenters. The molecule has 2 aliphatic rings. The van der Waals surface area contributed by atoms with E-state index in [1.807, 2.05) is 0 Å². The van der Waals surface area contributed by atoms with Gasteiger partial charge in [-0.15, -0.1) is 0 Å². The second-order valence-corrected chi connectivity index (χ2v) is 5.08. The predicted molar refractivity (Wildman–Crippen MR) is 68.4 cm³/mol. The lowest BCUT2D eigenvalue weighted by atomic mass is 10.2. The van der Waals surface area contributed by atoms with Crippen LogP contribution in [-0.2, 0) is 23.8 Å². The van der Waals surface area contributed by atoms with E-state index in [2.05, 4.69) is 0 Å². The fraction of sp³-hybridized carbons (Fsp3) is 0.846. The lowest BCUT2D eigenvalue weighted by molar-refractivity contribution is -0.150. The third-order valence-corrected chi connectivity index (χ3v) is 3.45. The summed E-state index contributed by atoms with van der Waals surface area (Å²) in [7, 11) is 0. The van der Waals surface area contributed by atoms with Crippen LogP contribution in [0.2, 0.25) is 0 Å². The van der Waals surface area contributed by atoms with Gasteiger partial charge in [0.2, 0.25) is 5.91 Å². The fourth-order valence-corrected chi connectivity index (χ4v) is 2.41. The number of carboxylic acids is 1. The Morgan fingerprint density at radius 1 is 1.25 bits per heavy atom. The number of rotatable bonds is 6. The Bertz CT molecular complexity index is 342. The summed E-state index contributed by atoms with van der Waals surface area (Å²) < 4.78 is 16.1. The molecule has 2 fully saturated rings. The quantitative estimate of drug-likeness (QED) is 0.733. The number of hydrogen-bond acceptors (Lipinski definition) is 5. The van der Waals surface area contributed by atoms with Crippen LogP contribution in [0.4, 0.5) is 0 Å². The number of carboxylic acid groups (broad SMARTS) is 1. The molecule has 0 aromatic rings. The van der Waals surface area contributed by atoms with Crippen molar-refractivity contribution in [1.82, 2.24) is 4.90 Å². The second-order valence-electron chi connectivity index (χ2n) is 5.08. The molecule has 0 aromatic carbocycles. The van der Waals surface area contributed by atoms with Crippen molar-refractivity contribution in [1.29, 1.82) is 0 Å². The zero-order valence-electron chi connectivity index (χ0n) is 11.5. The third-order valence-electron chi connectivity index (χ3n) is 3.45. The lowest BCUT2D eigenvalue weighted by Crippen LogP contribution is -2.47. The Hall–Kier alpha value is -1.18. The summed E-state index contributed by atoms with van der Waals surface area (Å²) in [6, 6.07) is 0. The first-order chi connectivity index (χ1) is 9.65. The summed E-state index contributed by atoms with van der Waals surface area (Å²) in [6.07, 6.45) is 1.62. The highest BCUT2D eigenvalue weighted by atomic mass is 16.5. The Labute approximate surface area is 117 Å². The zero-order chi connectivity index (χ0) is 14.4. The van der Waals surface area contributed by atoms with Gasteiger partial charge in [-0.3, -0.25) is 9.59 Å². The minimum absolute atomic E-state index is 0.0135. The first-order valence-electron chi connectivity index (χ1n) is 6.95. The molecule has 2 atom stereocenters. The van der Waals surface area contributed by atoms with Crippen LogP contribution in [0.5, 0.6) is 0 Å². The molecule has 0 spiro atoms. The number of morpholine rings is 1. The molecule has 1 N–H and O–H groups in total. The topological polar surface area (TPSA) is 85.3 Å². The highest BCUT2D eigenvalue weighted by molar-refractivity contribution is 5.77. The first-order valence-corrected chi connectivity index (χ1v) is 6.95. The van der Waals surface area contributed by atoms with E-state index in [0.29, 0.717) is 26.3 Å². The summed E-state index contributed by atoms with van der Waals surface area (Å²) in [6.45, 7) is 2.39. The van der Waals surface area contributed by atoms with Crippen molar-refractivity contribution >= 4 is 11.9 Å². The van der Waals surface area contributed by atoms with E-state index in [4.69, 9.17) is 19.3 Å². The Kier molecular flexibility index (Phi) is 5.75. The van der Waals surface area contributed by atoms with Crippen molar-refractivity contribution < 1.29 is 28.9 Å². The van der Waals surface area contributed by atoms with Gasteiger partial charge in [0.1, 0.15) is 6.61 Å². The molecule has 20 heavy (non-hydrogen) atoms. The molecule has 1 amide bonds. The highest BCUT2D eigenvalue weighted by Gasteiger charge is 2.26. The van der Waals surface area contributed by atoms with Gasteiger partial charge in [-0.25, -0.2) is 0 Å². The average molecular weight is 287 g/mol. The lowest BCUT2D eigenvalue weighted by Gasteiger charge is -2.32. The molecule has 7 heteroatoms. The van der Waals surface area contributed by atoms with Crippen LogP contribution in [0.3, 0.4) is 0 Å². The van der Waals surface area contributed by atoms with Gasteiger partial charge in [0.25, 0.3) is 0 Å². The molecule has 114 valence electrons. The molecule has 0 saturated carbocycles. The van der Waals surface area contributed by atoms with Gasteiger partial charge < -0.3 is 24.2 Å². The van der Waals surface area contributed by atoms with Crippen LogP contribution in [-0.4, -0.2) is 73.6 Å². The van der Waals surface area contributed by atoms with Gasteiger partial charge in [0, 0.05) is 19.7 Å². The van der Waals surface area contributed by atoms with Crippen molar-refractivity contribution in [3.63, 3.8) is 0 Å². The van der Waals surface area contributed by atoms with Gasteiger partial charge in [-0.2, -0.15) is 0 Å². The van der Waals surface area contributed by atoms with Crippen molar-refractivity contribution in [3.8, 4) is 0 Å². The molecule has 7 nitrogen and oxygen atoms in total. The van der Waals surface area contributed by atoms with E-state index < -0.39 is 12.1 Å². The SMILES string of the molecule is O=C(O)C[C@H]1CN(C(=O)COC[C@@H]2CCCO2)CCO1. The van der Waals surface area contributed by atoms with Crippen LogP contribution >= 0.6 is 0 Å². The van der Waals surface area contributed by atoms with Crippen molar-refractivity contribution in [2.75, 3.05) is 39.5 Å². The second kappa shape index (κ2) is 7.56. The number of hydrogen-bond donors (Lipinski definition) is 1. The first kappa shape index (κ1) is 15.2. The standard InChI is InChI=1S/C13H21NO6/c15-12(9-18-8-10-2-1-4-19-10)14-3-5-20-11(7-14)6-13(16)17/h10-11H,1-9H2,(H,16,17)/t10-,11-/m0/s1. The fourth-order valence-electron chi connectivity index (χ4n) is 2.41. The van der Waals surface area contributed by atoms with Gasteiger partial charge >= 0.3 is 5.97 Å². The van der Waals surface area contributed by atoms with Crippen molar-refractivity contribution in [3.05, 3.63) is 0 Å². The van der Waals surface area contributed by atoms with E-state index in [9.17, 15) is 9.59 Å². The van der Waals surface area contributed by atoms with Crippen LogP contribution in [0.15, 0.2) is 0 Å². The van der Waals surface area contributed by atoms with Gasteiger partial charge in [-0.05, 0) is 12.8 Å². The highest BCUT2D eigenvalue weighted by Crippen LogP contribution is 2.12. The smallest absolute Gasteiger partial charge is 0.306 e. The van der Waals surface area contributed by atoms with Crippen LogP contribution < -0.4 is 0 Å². The molecule has 2 aliphatic heterocycles. The predicted octanol–water partition coefficient (Wildman–Crippen LogP) is -0.116.